The second-order valence-corrected chi connectivity index (χ2v) is 7.91. The van der Waals surface area contributed by atoms with Crippen LogP contribution >= 0.6 is 0 Å². The van der Waals surface area contributed by atoms with Gasteiger partial charge in [-0.15, -0.1) is 0 Å². The Balaban J connectivity index is 1.78. The molecule has 0 bridgehead atoms. The van der Waals surface area contributed by atoms with Crippen molar-refractivity contribution >= 4 is 22.6 Å². The number of carbonyl (C=O) groups is 2. The maximum Gasteiger partial charge on any atom is 0.261 e. The first kappa shape index (κ1) is 23.3. The van der Waals surface area contributed by atoms with Crippen LogP contribution in [0, 0.1) is 5.82 Å². The lowest BCUT2D eigenvalue weighted by molar-refractivity contribution is -0.142. The van der Waals surface area contributed by atoms with Crippen LogP contribution in [0.3, 0.4) is 0 Å². The van der Waals surface area contributed by atoms with Crippen molar-refractivity contribution in [1.29, 1.82) is 0 Å². The summed E-state index contributed by atoms with van der Waals surface area (Å²) >= 11 is 0. The van der Waals surface area contributed by atoms with Gasteiger partial charge in [0.2, 0.25) is 5.91 Å². The topological polar surface area (TPSA) is 58.6 Å². The van der Waals surface area contributed by atoms with Crippen molar-refractivity contribution in [3.63, 3.8) is 0 Å². The molecule has 0 aliphatic heterocycles. The zero-order valence-corrected chi connectivity index (χ0v) is 18.7. The van der Waals surface area contributed by atoms with Crippen molar-refractivity contribution in [2.45, 2.75) is 45.8 Å². The van der Waals surface area contributed by atoms with E-state index in [1.54, 1.807) is 19.1 Å². The van der Waals surface area contributed by atoms with E-state index >= 15 is 0 Å². The van der Waals surface area contributed by atoms with E-state index < -0.39 is 6.04 Å². The number of halogens is 1. The molecule has 0 aliphatic carbocycles. The molecule has 32 heavy (non-hydrogen) atoms. The van der Waals surface area contributed by atoms with Gasteiger partial charge in [-0.3, -0.25) is 9.59 Å². The smallest absolute Gasteiger partial charge is 0.261 e. The molecule has 5 nitrogen and oxygen atoms in total. The Bertz CT molecular complexity index is 1060. The maximum absolute atomic E-state index is 13.3. The molecule has 0 saturated carbocycles. The fraction of sp³-hybridized carbons (Fsp3) is 0.308. The largest absolute Gasteiger partial charge is 0.483 e. The van der Waals surface area contributed by atoms with Crippen LogP contribution in [0.15, 0.2) is 66.7 Å². The summed E-state index contributed by atoms with van der Waals surface area (Å²) in [5, 5.41) is 4.85. The first-order valence-corrected chi connectivity index (χ1v) is 10.8. The quantitative estimate of drug-likeness (QED) is 0.529. The maximum atomic E-state index is 13.3. The van der Waals surface area contributed by atoms with Gasteiger partial charge in [0.25, 0.3) is 5.91 Å². The molecule has 2 atom stereocenters. The highest BCUT2D eigenvalue weighted by Gasteiger charge is 2.27. The average molecular weight is 437 g/mol. The van der Waals surface area contributed by atoms with E-state index in [0.29, 0.717) is 5.75 Å². The van der Waals surface area contributed by atoms with E-state index in [9.17, 15) is 14.0 Å². The number of hydrogen-bond acceptors (Lipinski definition) is 3. The van der Waals surface area contributed by atoms with Crippen LogP contribution in [0.25, 0.3) is 10.8 Å². The normalized spacial score (nSPS) is 12.8. The monoisotopic (exact) mass is 436 g/mol. The van der Waals surface area contributed by atoms with Gasteiger partial charge < -0.3 is 15.0 Å². The van der Waals surface area contributed by atoms with Crippen molar-refractivity contribution in [3.8, 4) is 5.75 Å². The second kappa shape index (κ2) is 10.8. The fourth-order valence-corrected chi connectivity index (χ4v) is 3.38. The van der Waals surface area contributed by atoms with Crippen LogP contribution in [-0.4, -0.2) is 35.4 Å². The van der Waals surface area contributed by atoms with Crippen LogP contribution in [0.2, 0.25) is 0 Å². The second-order valence-electron chi connectivity index (χ2n) is 7.91. The number of ether oxygens (including phenoxy) is 1. The van der Waals surface area contributed by atoms with Gasteiger partial charge in [0.15, 0.2) is 6.61 Å². The third-order valence-electron chi connectivity index (χ3n) is 5.54. The number of nitrogens with one attached hydrogen (secondary N) is 1. The highest BCUT2D eigenvalue weighted by Crippen LogP contribution is 2.25. The lowest BCUT2D eigenvalue weighted by Gasteiger charge is -2.29. The van der Waals surface area contributed by atoms with Gasteiger partial charge in [-0.2, -0.15) is 0 Å². The SMILES string of the molecule is CC[C@H](C)NC(=O)[C@@H](C)N(Cc1ccc(F)cc1)C(=O)COc1cccc2ccccc12. The molecule has 0 spiro atoms. The third kappa shape index (κ3) is 5.84. The van der Waals surface area contributed by atoms with E-state index in [1.165, 1.54) is 17.0 Å². The predicted molar refractivity (Wildman–Crippen MR) is 124 cm³/mol. The van der Waals surface area contributed by atoms with Crippen molar-refractivity contribution in [2.24, 2.45) is 0 Å². The molecule has 0 aromatic heterocycles. The van der Waals surface area contributed by atoms with Crippen molar-refractivity contribution in [3.05, 3.63) is 78.1 Å². The molecule has 168 valence electrons. The molecule has 1 N–H and O–H groups in total. The van der Waals surface area contributed by atoms with E-state index in [1.807, 2.05) is 56.3 Å². The first-order valence-electron chi connectivity index (χ1n) is 10.8. The Morgan fingerprint density at radius 1 is 1.00 bits per heavy atom. The highest BCUT2D eigenvalue weighted by atomic mass is 19.1. The van der Waals surface area contributed by atoms with Gasteiger partial charge in [0, 0.05) is 18.0 Å². The third-order valence-corrected chi connectivity index (χ3v) is 5.54. The number of nitrogens with zero attached hydrogens (tertiary/aromatic N) is 1. The van der Waals surface area contributed by atoms with Gasteiger partial charge in [-0.25, -0.2) is 4.39 Å². The Labute approximate surface area is 188 Å². The lowest BCUT2D eigenvalue weighted by atomic mass is 10.1. The zero-order valence-electron chi connectivity index (χ0n) is 18.7. The van der Waals surface area contributed by atoms with Gasteiger partial charge in [0.05, 0.1) is 0 Å². The first-order chi connectivity index (χ1) is 15.4. The Hall–Kier alpha value is -3.41. The summed E-state index contributed by atoms with van der Waals surface area (Å²) in [6, 6.07) is 18.6. The van der Waals surface area contributed by atoms with Gasteiger partial charge in [0.1, 0.15) is 17.6 Å². The number of rotatable bonds is 9. The number of fused-ring (bicyclic) bond motifs is 1. The molecule has 3 aromatic carbocycles. The Morgan fingerprint density at radius 3 is 2.41 bits per heavy atom. The van der Waals surface area contributed by atoms with Gasteiger partial charge >= 0.3 is 0 Å². The Kier molecular flexibility index (Phi) is 7.82. The van der Waals surface area contributed by atoms with Crippen molar-refractivity contribution in [1.82, 2.24) is 10.2 Å². The number of carbonyl (C=O) groups excluding carboxylic acids is 2. The molecule has 0 saturated heterocycles. The standard InChI is InChI=1S/C26H29FN2O3/c1-4-18(2)28-26(31)19(3)29(16-20-12-14-22(27)15-13-20)25(30)17-32-24-11-7-9-21-8-5-6-10-23(21)24/h5-15,18-19H,4,16-17H2,1-3H3,(H,28,31)/t18-,19+/m0/s1. The minimum Gasteiger partial charge on any atom is -0.483 e. The lowest BCUT2D eigenvalue weighted by Crippen LogP contribution is -2.50. The summed E-state index contributed by atoms with van der Waals surface area (Å²) in [5.74, 6) is -0.308. The zero-order chi connectivity index (χ0) is 23.1. The predicted octanol–water partition coefficient (Wildman–Crippen LogP) is 4.69. The number of amides is 2. The average Bonchev–Trinajstić information content (AvgIpc) is 2.81. The molecule has 0 unspecified atom stereocenters. The van der Waals surface area contributed by atoms with E-state index in [-0.39, 0.29) is 36.8 Å². The van der Waals surface area contributed by atoms with E-state index in [2.05, 4.69) is 5.32 Å². The molecule has 0 radical (unpaired) electrons. The molecular weight excluding hydrogens is 407 g/mol. The van der Waals surface area contributed by atoms with Crippen LogP contribution in [0.1, 0.15) is 32.8 Å². The summed E-state index contributed by atoms with van der Waals surface area (Å²) in [6.45, 7) is 5.55. The van der Waals surface area contributed by atoms with E-state index in [0.717, 1.165) is 22.8 Å². The summed E-state index contributed by atoms with van der Waals surface area (Å²) in [6.07, 6.45) is 0.786. The van der Waals surface area contributed by atoms with Crippen molar-refractivity contribution < 1.29 is 18.7 Å². The van der Waals surface area contributed by atoms with Crippen LogP contribution in [-0.2, 0) is 16.1 Å². The minimum atomic E-state index is -0.710. The van der Waals surface area contributed by atoms with Crippen LogP contribution in [0.4, 0.5) is 4.39 Å². The summed E-state index contributed by atoms with van der Waals surface area (Å²) < 4.78 is 19.2. The molecule has 0 heterocycles. The summed E-state index contributed by atoms with van der Waals surface area (Å²) in [7, 11) is 0. The molecule has 2 amide bonds. The molecule has 0 fully saturated rings. The molecule has 3 aromatic rings. The Morgan fingerprint density at radius 2 is 1.69 bits per heavy atom. The fourth-order valence-electron chi connectivity index (χ4n) is 3.38. The molecular formula is C26H29FN2O3. The summed E-state index contributed by atoms with van der Waals surface area (Å²) in [5.41, 5.74) is 0.730. The van der Waals surface area contributed by atoms with Crippen LogP contribution < -0.4 is 10.1 Å². The van der Waals surface area contributed by atoms with Crippen LogP contribution in [0.5, 0.6) is 5.75 Å². The minimum absolute atomic E-state index is 0.000318. The van der Waals surface area contributed by atoms with Gasteiger partial charge in [-0.05, 0) is 49.4 Å². The van der Waals surface area contributed by atoms with E-state index in [4.69, 9.17) is 4.74 Å². The highest BCUT2D eigenvalue weighted by molar-refractivity contribution is 5.90. The molecule has 6 heteroatoms. The van der Waals surface area contributed by atoms with Crippen molar-refractivity contribution in [2.75, 3.05) is 6.61 Å². The molecule has 0 aliphatic rings. The number of benzene rings is 3. The number of hydrogen-bond donors (Lipinski definition) is 1. The molecule has 3 rings (SSSR count). The summed E-state index contributed by atoms with van der Waals surface area (Å²) in [4.78, 5) is 27.4. The van der Waals surface area contributed by atoms with Gasteiger partial charge in [-0.1, -0.05) is 55.5 Å².